The minimum Gasteiger partial charge on any atom is -0.497 e. The van der Waals surface area contributed by atoms with Gasteiger partial charge in [0.2, 0.25) is 0 Å². The van der Waals surface area contributed by atoms with Crippen LogP contribution >= 0.6 is 0 Å². The second kappa shape index (κ2) is 11.6. The lowest BCUT2D eigenvalue weighted by Crippen LogP contribution is -2.44. The van der Waals surface area contributed by atoms with E-state index in [1.807, 2.05) is 45.0 Å². The fourth-order valence-electron chi connectivity index (χ4n) is 3.08. The molecule has 0 saturated carbocycles. The first-order chi connectivity index (χ1) is 13.8. The van der Waals surface area contributed by atoms with Gasteiger partial charge >= 0.3 is 0 Å². The van der Waals surface area contributed by atoms with Crippen LogP contribution in [0.5, 0.6) is 5.75 Å². The first-order valence-electron chi connectivity index (χ1n) is 11.0. The SMILES string of the molecule is COc1ccc(COC[C@H](C)[C@H](O)[C@@H](C)[C@@H](O)[C@@H](C)CO[Si](C)(C)C(C)(C)C)cc1. The Kier molecular flexibility index (Phi) is 10.5. The number of rotatable bonds is 12. The van der Waals surface area contributed by atoms with Gasteiger partial charge < -0.3 is 24.1 Å². The van der Waals surface area contributed by atoms with E-state index in [0.717, 1.165) is 11.3 Å². The number of ether oxygens (including phenoxy) is 2. The number of aliphatic hydroxyl groups is 2. The van der Waals surface area contributed by atoms with Crippen LogP contribution in [0.1, 0.15) is 47.1 Å². The van der Waals surface area contributed by atoms with Gasteiger partial charge in [-0.2, -0.15) is 0 Å². The van der Waals surface area contributed by atoms with Crippen molar-refractivity contribution in [1.82, 2.24) is 0 Å². The van der Waals surface area contributed by atoms with Crippen molar-refractivity contribution in [3.05, 3.63) is 29.8 Å². The Morgan fingerprint density at radius 3 is 1.87 bits per heavy atom. The number of hydrogen-bond donors (Lipinski definition) is 2. The standard InChI is InChI=1S/C24H44O5Si/c1-17(14-28-16-20-10-12-21(27-7)13-11-20)22(25)19(3)23(26)18(2)15-29-30(8,9)24(4,5)6/h10-13,17-19,22-23,25-26H,14-16H2,1-9H3/t17-,18-,19+,22-,23-/m0/s1. The van der Waals surface area contributed by atoms with Crippen molar-refractivity contribution in [2.45, 2.75) is 78.5 Å². The molecule has 5 nitrogen and oxygen atoms in total. The van der Waals surface area contributed by atoms with Crippen molar-refractivity contribution in [2.24, 2.45) is 17.8 Å². The highest BCUT2D eigenvalue weighted by atomic mass is 28.4. The van der Waals surface area contributed by atoms with Gasteiger partial charge in [0.1, 0.15) is 5.75 Å². The molecule has 1 rings (SSSR count). The van der Waals surface area contributed by atoms with Crippen LogP contribution in [0.2, 0.25) is 18.1 Å². The zero-order valence-electron chi connectivity index (χ0n) is 20.4. The molecule has 1 aromatic rings. The average molecular weight is 441 g/mol. The Balaban J connectivity index is 2.48. The Hall–Kier alpha value is -0.923. The van der Waals surface area contributed by atoms with Gasteiger partial charge in [0.05, 0.1) is 32.5 Å². The number of hydrogen-bond acceptors (Lipinski definition) is 5. The van der Waals surface area contributed by atoms with Gasteiger partial charge in [-0.1, -0.05) is 53.7 Å². The van der Waals surface area contributed by atoms with Crippen LogP contribution in [-0.4, -0.2) is 51.1 Å². The molecular formula is C24H44O5Si. The summed E-state index contributed by atoms with van der Waals surface area (Å²) in [6.45, 7) is 18.3. The Morgan fingerprint density at radius 2 is 1.40 bits per heavy atom. The van der Waals surface area contributed by atoms with Crippen molar-refractivity contribution in [1.29, 1.82) is 0 Å². The molecule has 0 aliphatic heterocycles. The zero-order valence-corrected chi connectivity index (χ0v) is 21.4. The van der Waals surface area contributed by atoms with E-state index < -0.39 is 20.5 Å². The minimum atomic E-state index is -1.85. The Morgan fingerprint density at radius 1 is 0.900 bits per heavy atom. The van der Waals surface area contributed by atoms with Crippen LogP contribution in [-0.2, 0) is 15.8 Å². The van der Waals surface area contributed by atoms with Gasteiger partial charge in [-0.3, -0.25) is 0 Å². The summed E-state index contributed by atoms with van der Waals surface area (Å²) in [7, 11) is -0.211. The van der Waals surface area contributed by atoms with Crippen molar-refractivity contribution in [2.75, 3.05) is 20.3 Å². The molecule has 0 bridgehead atoms. The van der Waals surface area contributed by atoms with Crippen LogP contribution in [0, 0.1) is 17.8 Å². The summed E-state index contributed by atoms with van der Waals surface area (Å²) in [5.41, 5.74) is 1.06. The topological polar surface area (TPSA) is 68.2 Å². The second-order valence-corrected chi connectivity index (χ2v) is 15.0. The maximum atomic E-state index is 10.8. The van der Waals surface area contributed by atoms with E-state index in [1.54, 1.807) is 7.11 Å². The second-order valence-electron chi connectivity index (χ2n) is 10.2. The lowest BCUT2D eigenvalue weighted by molar-refractivity contribution is -0.0548. The third kappa shape index (κ3) is 7.97. The summed E-state index contributed by atoms with van der Waals surface area (Å²) in [4.78, 5) is 0. The van der Waals surface area contributed by atoms with Gasteiger partial charge in [-0.05, 0) is 35.8 Å². The summed E-state index contributed by atoms with van der Waals surface area (Å²) in [5, 5.41) is 21.7. The molecule has 0 radical (unpaired) electrons. The molecule has 0 spiro atoms. The normalized spacial score (nSPS) is 17.8. The van der Waals surface area contributed by atoms with E-state index in [4.69, 9.17) is 13.9 Å². The van der Waals surface area contributed by atoms with E-state index in [1.165, 1.54) is 0 Å². The number of benzene rings is 1. The van der Waals surface area contributed by atoms with Gasteiger partial charge in [-0.15, -0.1) is 0 Å². The van der Waals surface area contributed by atoms with Gasteiger partial charge in [0.25, 0.3) is 0 Å². The summed E-state index contributed by atoms with van der Waals surface area (Å²) in [5.74, 6) is 0.428. The molecule has 1 aromatic carbocycles. The average Bonchev–Trinajstić information content (AvgIpc) is 2.69. The molecule has 0 unspecified atom stereocenters. The maximum absolute atomic E-state index is 10.8. The van der Waals surface area contributed by atoms with Crippen molar-refractivity contribution in [3.63, 3.8) is 0 Å². The molecule has 0 fully saturated rings. The smallest absolute Gasteiger partial charge is 0.191 e. The van der Waals surface area contributed by atoms with Crippen LogP contribution in [0.3, 0.4) is 0 Å². The summed E-state index contributed by atoms with van der Waals surface area (Å²) >= 11 is 0. The molecule has 30 heavy (non-hydrogen) atoms. The van der Waals surface area contributed by atoms with E-state index in [-0.39, 0.29) is 22.8 Å². The fourth-order valence-corrected chi connectivity index (χ4v) is 4.19. The molecule has 5 atom stereocenters. The number of aliphatic hydroxyl groups excluding tert-OH is 2. The minimum absolute atomic E-state index is 0.0452. The van der Waals surface area contributed by atoms with Gasteiger partial charge in [0, 0.05) is 24.4 Å². The monoisotopic (exact) mass is 440 g/mol. The van der Waals surface area contributed by atoms with Crippen molar-refractivity contribution in [3.8, 4) is 5.75 Å². The largest absolute Gasteiger partial charge is 0.497 e. The number of methoxy groups -OCH3 is 1. The van der Waals surface area contributed by atoms with Crippen molar-refractivity contribution >= 4 is 8.32 Å². The fraction of sp³-hybridized carbons (Fsp3) is 0.750. The first kappa shape index (κ1) is 27.1. The molecule has 6 heteroatoms. The quantitative estimate of drug-likeness (QED) is 0.454. The van der Waals surface area contributed by atoms with E-state index >= 15 is 0 Å². The lowest BCUT2D eigenvalue weighted by atomic mass is 9.85. The van der Waals surface area contributed by atoms with Crippen LogP contribution in [0.4, 0.5) is 0 Å². The molecule has 0 amide bonds. The molecule has 0 aliphatic carbocycles. The van der Waals surface area contributed by atoms with E-state index in [9.17, 15) is 10.2 Å². The summed E-state index contributed by atoms with van der Waals surface area (Å²) in [6, 6.07) is 7.75. The Labute approximate surface area is 184 Å². The van der Waals surface area contributed by atoms with E-state index in [2.05, 4.69) is 33.9 Å². The van der Waals surface area contributed by atoms with Crippen LogP contribution in [0.25, 0.3) is 0 Å². The highest BCUT2D eigenvalue weighted by Crippen LogP contribution is 2.37. The molecule has 0 heterocycles. The third-order valence-corrected chi connectivity index (χ3v) is 11.1. The zero-order chi connectivity index (χ0) is 23.1. The van der Waals surface area contributed by atoms with Crippen LogP contribution in [0.15, 0.2) is 24.3 Å². The summed E-state index contributed by atoms with van der Waals surface area (Å²) < 4.78 is 17.2. The molecule has 174 valence electrons. The molecule has 2 N–H and O–H groups in total. The Bertz CT molecular complexity index is 611. The molecule has 0 aliphatic rings. The van der Waals surface area contributed by atoms with Gasteiger partial charge in [0.15, 0.2) is 8.32 Å². The third-order valence-electron chi connectivity index (χ3n) is 6.57. The van der Waals surface area contributed by atoms with Crippen LogP contribution < -0.4 is 4.74 Å². The maximum Gasteiger partial charge on any atom is 0.191 e. The lowest BCUT2D eigenvalue weighted by Gasteiger charge is -2.38. The first-order valence-corrected chi connectivity index (χ1v) is 13.9. The van der Waals surface area contributed by atoms with Crippen molar-refractivity contribution < 1.29 is 24.1 Å². The molecule has 0 saturated heterocycles. The molecular weight excluding hydrogens is 396 g/mol. The van der Waals surface area contributed by atoms with Gasteiger partial charge in [-0.25, -0.2) is 0 Å². The highest BCUT2D eigenvalue weighted by molar-refractivity contribution is 6.74. The predicted molar refractivity (Wildman–Crippen MR) is 125 cm³/mol. The van der Waals surface area contributed by atoms with E-state index in [0.29, 0.717) is 19.8 Å². The molecule has 0 aromatic heterocycles. The summed E-state index contributed by atoms with van der Waals surface area (Å²) in [6.07, 6.45) is -1.28. The highest BCUT2D eigenvalue weighted by Gasteiger charge is 2.38. The predicted octanol–water partition coefficient (Wildman–Crippen LogP) is 4.86.